The van der Waals surface area contributed by atoms with Crippen molar-refractivity contribution in [2.24, 2.45) is 11.1 Å². The van der Waals surface area contributed by atoms with Crippen molar-refractivity contribution in [3.05, 3.63) is 0 Å². The average Bonchev–Trinajstić information content (AvgIpc) is 2.54. The summed E-state index contributed by atoms with van der Waals surface area (Å²) in [5.74, 6) is -0.395. The standard InChI is InChI=1S/C12H23N3O2/c1-12(2,10(13)16)9-14-11(17)15-7-5-3-4-6-8-15/h3-9H2,1-2H3,(H2,13,16)(H,14,17). The number of nitrogens with one attached hydrogen (secondary N) is 1. The van der Waals surface area contributed by atoms with Gasteiger partial charge in [-0.3, -0.25) is 4.79 Å². The van der Waals surface area contributed by atoms with Gasteiger partial charge in [0.25, 0.3) is 0 Å². The maximum atomic E-state index is 11.9. The van der Waals surface area contributed by atoms with Crippen molar-refractivity contribution in [2.45, 2.75) is 39.5 Å². The molecular formula is C12H23N3O2. The first-order chi connectivity index (χ1) is 7.93. The van der Waals surface area contributed by atoms with E-state index < -0.39 is 11.3 Å². The van der Waals surface area contributed by atoms with Gasteiger partial charge in [-0.1, -0.05) is 12.8 Å². The number of carbonyl (C=O) groups is 2. The Balaban J connectivity index is 2.40. The highest BCUT2D eigenvalue weighted by molar-refractivity contribution is 5.81. The van der Waals surface area contributed by atoms with Crippen molar-refractivity contribution in [1.82, 2.24) is 10.2 Å². The smallest absolute Gasteiger partial charge is 0.317 e. The molecule has 5 heteroatoms. The zero-order valence-corrected chi connectivity index (χ0v) is 10.8. The molecule has 3 N–H and O–H groups in total. The Kier molecular flexibility index (Phi) is 4.78. The van der Waals surface area contributed by atoms with E-state index in [-0.39, 0.29) is 12.6 Å². The van der Waals surface area contributed by atoms with Crippen LogP contribution in [0.2, 0.25) is 0 Å². The van der Waals surface area contributed by atoms with Gasteiger partial charge in [0.2, 0.25) is 5.91 Å². The van der Waals surface area contributed by atoms with Crippen molar-refractivity contribution >= 4 is 11.9 Å². The predicted molar refractivity (Wildman–Crippen MR) is 66.4 cm³/mol. The highest BCUT2D eigenvalue weighted by Gasteiger charge is 2.26. The number of primary amides is 1. The predicted octanol–water partition coefficient (Wildman–Crippen LogP) is 1.08. The first-order valence-electron chi connectivity index (χ1n) is 6.26. The van der Waals surface area contributed by atoms with Gasteiger partial charge in [0, 0.05) is 19.6 Å². The molecule has 0 spiro atoms. The van der Waals surface area contributed by atoms with Gasteiger partial charge in [-0.15, -0.1) is 0 Å². The molecule has 5 nitrogen and oxygen atoms in total. The Labute approximate surface area is 103 Å². The van der Waals surface area contributed by atoms with Crippen molar-refractivity contribution < 1.29 is 9.59 Å². The van der Waals surface area contributed by atoms with Crippen LogP contribution >= 0.6 is 0 Å². The molecule has 1 heterocycles. The fourth-order valence-electron chi connectivity index (χ4n) is 1.77. The van der Waals surface area contributed by atoms with Crippen molar-refractivity contribution in [3.8, 4) is 0 Å². The van der Waals surface area contributed by atoms with Crippen molar-refractivity contribution in [3.63, 3.8) is 0 Å². The molecule has 0 bridgehead atoms. The third-order valence-electron chi connectivity index (χ3n) is 3.24. The van der Waals surface area contributed by atoms with E-state index in [0.717, 1.165) is 25.9 Å². The van der Waals surface area contributed by atoms with Crippen LogP contribution in [0.25, 0.3) is 0 Å². The number of hydrogen-bond acceptors (Lipinski definition) is 2. The lowest BCUT2D eigenvalue weighted by atomic mass is 9.93. The van der Waals surface area contributed by atoms with Crippen LogP contribution in [0.1, 0.15) is 39.5 Å². The average molecular weight is 241 g/mol. The summed E-state index contributed by atoms with van der Waals surface area (Å²) < 4.78 is 0. The topological polar surface area (TPSA) is 75.4 Å². The Morgan fingerprint density at radius 1 is 1.18 bits per heavy atom. The van der Waals surface area contributed by atoms with E-state index in [0.29, 0.717) is 0 Å². The Hall–Kier alpha value is -1.26. The maximum Gasteiger partial charge on any atom is 0.317 e. The number of likely N-dealkylation sites (tertiary alicyclic amines) is 1. The van der Waals surface area contributed by atoms with E-state index in [1.165, 1.54) is 12.8 Å². The highest BCUT2D eigenvalue weighted by Crippen LogP contribution is 2.13. The molecule has 1 aliphatic rings. The molecule has 0 saturated carbocycles. The third-order valence-corrected chi connectivity index (χ3v) is 3.24. The fourth-order valence-corrected chi connectivity index (χ4v) is 1.77. The van der Waals surface area contributed by atoms with Gasteiger partial charge < -0.3 is 16.0 Å². The van der Waals surface area contributed by atoms with E-state index in [9.17, 15) is 9.59 Å². The number of nitrogens with two attached hydrogens (primary N) is 1. The molecule has 98 valence electrons. The molecule has 0 aromatic rings. The summed E-state index contributed by atoms with van der Waals surface area (Å²) in [5, 5.41) is 2.79. The van der Waals surface area contributed by atoms with Crippen LogP contribution in [0, 0.1) is 5.41 Å². The molecule has 17 heavy (non-hydrogen) atoms. The van der Waals surface area contributed by atoms with Gasteiger partial charge in [-0.25, -0.2) is 4.79 Å². The maximum absolute atomic E-state index is 11.9. The Morgan fingerprint density at radius 2 is 1.71 bits per heavy atom. The molecule has 0 unspecified atom stereocenters. The number of amides is 3. The molecule has 0 aromatic heterocycles. The van der Waals surface area contributed by atoms with Crippen LogP contribution in [-0.2, 0) is 4.79 Å². The molecule has 0 aromatic carbocycles. The van der Waals surface area contributed by atoms with Crippen LogP contribution in [-0.4, -0.2) is 36.5 Å². The molecule has 1 aliphatic heterocycles. The van der Waals surface area contributed by atoms with E-state index in [4.69, 9.17) is 5.73 Å². The summed E-state index contributed by atoms with van der Waals surface area (Å²) >= 11 is 0. The minimum atomic E-state index is -0.693. The quantitative estimate of drug-likeness (QED) is 0.776. The van der Waals surface area contributed by atoms with E-state index >= 15 is 0 Å². The molecule has 3 amide bonds. The second kappa shape index (κ2) is 5.89. The number of nitrogens with zero attached hydrogens (tertiary/aromatic N) is 1. The van der Waals surface area contributed by atoms with Gasteiger partial charge in [0.05, 0.1) is 5.41 Å². The second-order valence-corrected chi connectivity index (χ2v) is 5.31. The fraction of sp³-hybridized carbons (Fsp3) is 0.833. The van der Waals surface area contributed by atoms with E-state index in [2.05, 4.69) is 5.32 Å². The molecule has 1 saturated heterocycles. The number of urea groups is 1. The SMILES string of the molecule is CC(C)(CNC(=O)N1CCCCCC1)C(N)=O. The zero-order chi connectivity index (χ0) is 12.9. The molecular weight excluding hydrogens is 218 g/mol. The summed E-state index contributed by atoms with van der Waals surface area (Å²) in [5.41, 5.74) is 4.56. The number of hydrogen-bond donors (Lipinski definition) is 2. The van der Waals surface area contributed by atoms with Gasteiger partial charge >= 0.3 is 6.03 Å². The Morgan fingerprint density at radius 3 is 2.18 bits per heavy atom. The molecule has 1 fully saturated rings. The van der Waals surface area contributed by atoms with Crippen LogP contribution < -0.4 is 11.1 Å². The van der Waals surface area contributed by atoms with Crippen LogP contribution in [0.3, 0.4) is 0 Å². The van der Waals surface area contributed by atoms with Crippen molar-refractivity contribution in [1.29, 1.82) is 0 Å². The molecule has 0 aliphatic carbocycles. The number of carbonyl (C=O) groups excluding carboxylic acids is 2. The lowest BCUT2D eigenvalue weighted by Gasteiger charge is -2.25. The van der Waals surface area contributed by atoms with Gasteiger partial charge in [0.1, 0.15) is 0 Å². The zero-order valence-electron chi connectivity index (χ0n) is 10.8. The summed E-state index contributed by atoms with van der Waals surface area (Å²) in [6.07, 6.45) is 4.51. The summed E-state index contributed by atoms with van der Waals surface area (Å²) in [6.45, 7) is 5.37. The second-order valence-electron chi connectivity index (χ2n) is 5.31. The van der Waals surface area contributed by atoms with E-state index in [1.54, 1.807) is 13.8 Å². The number of rotatable bonds is 3. The van der Waals surface area contributed by atoms with Gasteiger partial charge in [-0.2, -0.15) is 0 Å². The third kappa shape index (κ3) is 4.24. The minimum Gasteiger partial charge on any atom is -0.369 e. The summed E-state index contributed by atoms with van der Waals surface area (Å²) in [6, 6.07) is -0.0822. The van der Waals surface area contributed by atoms with E-state index in [1.807, 2.05) is 4.90 Å². The normalized spacial score (nSPS) is 17.4. The van der Waals surface area contributed by atoms with Crippen LogP contribution in [0.5, 0.6) is 0 Å². The Bertz CT molecular complexity index is 281. The monoisotopic (exact) mass is 241 g/mol. The first kappa shape index (κ1) is 13.8. The summed E-state index contributed by atoms with van der Waals surface area (Å²) in [7, 11) is 0. The molecule has 1 rings (SSSR count). The molecule has 0 atom stereocenters. The first-order valence-corrected chi connectivity index (χ1v) is 6.26. The summed E-state index contributed by atoms with van der Waals surface area (Å²) in [4.78, 5) is 24.8. The van der Waals surface area contributed by atoms with Crippen LogP contribution in [0.4, 0.5) is 4.79 Å². The van der Waals surface area contributed by atoms with Gasteiger partial charge in [-0.05, 0) is 26.7 Å². The minimum absolute atomic E-state index is 0.0822. The van der Waals surface area contributed by atoms with Crippen LogP contribution in [0.15, 0.2) is 0 Å². The molecule has 0 radical (unpaired) electrons. The van der Waals surface area contributed by atoms with Gasteiger partial charge in [0.15, 0.2) is 0 Å². The lowest BCUT2D eigenvalue weighted by Crippen LogP contribution is -2.47. The lowest BCUT2D eigenvalue weighted by molar-refractivity contribution is -0.125. The largest absolute Gasteiger partial charge is 0.369 e. The van der Waals surface area contributed by atoms with Crippen molar-refractivity contribution in [2.75, 3.05) is 19.6 Å². The highest BCUT2D eigenvalue weighted by atomic mass is 16.2.